The Hall–Kier alpha value is -2.25. The Labute approximate surface area is 163 Å². The Bertz CT molecular complexity index is 757. The molecule has 1 atom stereocenters. The molecule has 0 bridgehead atoms. The third kappa shape index (κ3) is 6.15. The number of rotatable bonds is 8. The Morgan fingerprint density at radius 3 is 2.81 bits per heavy atom. The first kappa shape index (κ1) is 19.5. The summed E-state index contributed by atoms with van der Waals surface area (Å²) in [6.07, 6.45) is 2.98. The van der Waals surface area contributed by atoms with Gasteiger partial charge in [0.25, 0.3) is 0 Å². The van der Waals surface area contributed by atoms with Crippen LogP contribution in [0.4, 0.5) is 5.13 Å². The highest BCUT2D eigenvalue weighted by atomic mass is 32.1. The lowest BCUT2D eigenvalue weighted by Gasteiger charge is -2.25. The second kappa shape index (κ2) is 9.62. The number of hydrogen-bond acceptors (Lipinski definition) is 5. The first-order chi connectivity index (χ1) is 13.1. The van der Waals surface area contributed by atoms with Crippen molar-refractivity contribution < 1.29 is 14.3 Å². The zero-order valence-electron chi connectivity index (χ0n) is 15.5. The number of thiazole rings is 1. The van der Waals surface area contributed by atoms with E-state index in [1.807, 2.05) is 42.6 Å². The van der Waals surface area contributed by atoms with Crippen molar-refractivity contribution in [1.29, 1.82) is 0 Å². The lowest BCUT2D eigenvalue weighted by molar-refractivity contribution is -0.136. The highest BCUT2D eigenvalue weighted by Crippen LogP contribution is 2.16. The van der Waals surface area contributed by atoms with Crippen molar-refractivity contribution in [2.75, 3.05) is 25.0 Å². The van der Waals surface area contributed by atoms with E-state index in [0.717, 1.165) is 30.7 Å². The lowest BCUT2D eigenvalue weighted by Crippen LogP contribution is -2.42. The van der Waals surface area contributed by atoms with Crippen molar-refractivity contribution in [3.05, 3.63) is 47.0 Å². The molecule has 1 aliphatic rings. The fourth-order valence-electron chi connectivity index (χ4n) is 3.09. The van der Waals surface area contributed by atoms with Crippen molar-refractivity contribution in [2.45, 2.75) is 38.7 Å². The number of ether oxygens (including phenoxy) is 1. The van der Waals surface area contributed by atoms with E-state index in [1.54, 1.807) is 4.90 Å². The minimum atomic E-state index is -0.226. The summed E-state index contributed by atoms with van der Waals surface area (Å²) in [4.78, 5) is 31.0. The van der Waals surface area contributed by atoms with E-state index < -0.39 is 0 Å². The summed E-state index contributed by atoms with van der Waals surface area (Å²) in [6, 6.07) is 9.91. The van der Waals surface area contributed by atoms with Crippen LogP contribution in [0.5, 0.6) is 0 Å². The van der Waals surface area contributed by atoms with E-state index in [0.29, 0.717) is 24.5 Å². The van der Waals surface area contributed by atoms with Crippen LogP contribution in [0.2, 0.25) is 0 Å². The topological polar surface area (TPSA) is 71.5 Å². The Morgan fingerprint density at radius 2 is 2.15 bits per heavy atom. The number of carbonyl (C=O) groups excluding carboxylic acids is 2. The van der Waals surface area contributed by atoms with Gasteiger partial charge in [0.1, 0.15) is 6.54 Å². The van der Waals surface area contributed by atoms with Crippen molar-refractivity contribution in [3.63, 3.8) is 0 Å². The van der Waals surface area contributed by atoms with Crippen molar-refractivity contribution in [1.82, 2.24) is 9.88 Å². The monoisotopic (exact) mass is 387 g/mol. The van der Waals surface area contributed by atoms with Crippen LogP contribution < -0.4 is 5.32 Å². The van der Waals surface area contributed by atoms with Crippen LogP contribution in [0.1, 0.15) is 30.5 Å². The van der Waals surface area contributed by atoms with Gasteiger partial charge in [-0.2, -0.15) is 0 Å². The molecule has 2 amide bonds. The van der Waals surface area contributed by atoms with Crippen molar-refractivity contribution >= 4 is 28.3 Å². The van der Waals surface area contributed by atoms with Gasteiger partial charge in [-0.15, -0.1) is 11.3 Å². The molecular formula is C20H25N3O3S. The summed E-state index contributed by atoms with van der Waals surface area (Å²) >= 11 is 1.38. The molecular weight excluding hydrogens is 362 g/mol. The maximum absolute atomic E-state index is 12.8. The lowest BCUT2D eigenvalue weighted by atomic mass is 10.1. The molecule has 2 aromatic rings. The summed E-state index contributed by atoms with van der Waals surface area (Å²) in [5.74, 6) is -0.254. The van der Waals surface area contributed by atoms with Crippen LogP contribution in [0.25, 0.3) is 0 Å². The fraction of sp³-hybridized carbons (Fsp3) is 0.450. The van der Waals surface area contributed by atoms with Gasteiger partial charge in [-0.3, -0.25) is 9.59 Å². The molecule has 7 heteroatoms. The molecule has 1 unspecified atom stereocenters. The Morgan fingerprint density at radius 1 is 1.33 bits per heavy atom. The molecule has 1 aliphatic heterocycles. The minimum absolute atomic E-state index is 0.0144. The number of hydrogen-bond donors (Lipinski definition) is 1. The molecule has 0 radical (unpaired) electrons. The van der Waals surface area contributed by atoms with Gasteiger partial charge < -0.3 is 15.0 Å². The van der Waals surface area contributed by atoms with Crippen LogP contribution in [-0.4, -0.2) is 47.5 Å². The number of aryl methyl sites for hydroxylation is 2. The first-order valence-corrected chi connectivity index (χ1v) is 10.1. The fourth-order valence-corrected chi connectivity index (χ4v) is 3.79. The SMILES string of the molecule is Cc1csc(NC(=O)CN(CC2CCCO2)C(=O)CCc2ccccc2)n1. The molecule has 0 saturated carbocycles. The molecule has 1 N–H and O–H groups in total. The molecule has 1 fully saturated rings. The smallest absolute Gasteiger partial charge is 0.245 e. The largest absolute Gasteiger partial charge is 0.376 e. The molecule has 144 valence electrons. The number of carbonyl (C=O) groups is 2. The van der Waals surface area contributed by atoms with Crippen LogP contribution in [-0.2, 0) is 20.7 Å². The molecule has 1 aromatic carbocycles. The third-order valence-corrected chi connectivity index (χ3v) is 5.35. The number of aromatic nitrogens is 1. The second-order valence-corrected chi connectivity index (χ2v) is 7.60. The molecule has 0 spiro atoms. The average Bonchev–Trinajstić information content (AvgIpc) is 3.31. The maximum atomic E-state index is 12.8. The second-order valence-electron chi connectivity index (χ2n) is 6.74. The van der Waals surface area contributed by atoms with Gasteiger partial charge in [-0.1, -0.05) is 30.3 Å². The first-order valence-electron chi connectivity index (χ1n) is 9.25. The Kier molecular flexibility index (Phi) is 6.95. The quantitative estimate of drug-likeness (QED) is 0.756. The summed E-state index contributed by atoms with van der Waals surface area (Å²) < 4.78 is 5.66. The molecule has 2 heterocycles. The molecule has 6 nitrogen and oxygen atoms in total. The molecule has 1 aromatic heterocycles. The van der Waals surface area contributed by atoms with E-state index in [1.165, 1.54) is 11.3 Å². The predicted octanol–water partition coefficient (Wildman–Crippen LogP) is 3.03. The van der Waals surface area contributed by atoms with Crippen molar-refractivity contribution in [2.24, 2.45) is 0 Å². The summed E-state index contributed by atoms with van der Waals surface area (Å²) in [5.41, 5.74) is 1.98. The van der Waals surface area contributed by atoms with Gasteiger partial charge in [0.2, 0.25) is 11.8 Å². The van der Waals surface area contributed by atoms with Gasteiger partial charge in [-0.05, 0) is 31.7 Å². The van der Waals surface area contributed by atoms with Crippen LogP contribution >= 0.6 is 11.3 Å². The van der Waals surface area contributed by atoms with Crippen LogP contribution in [0.3, 0.4) is 0 Å². The van der Waals surface area contributed by atoms with Crippen molar-refractivity contribution in [3.8, 4) is 0 Å². The molecule has 0 aliphatic carbocycles. The number of amides is 2. The van der Waals surface area contributed by atoms with E-state index >= 15 is 0 Å². The number of nitrogens with one attached hydrogen (secondary N) is 1. The summed E-state index contributed by atoms with van der Waals surface area (Å²) in [6.45, 7) is 3.08. The normalized spacial score (nSPS) is 16.3. The molecule has 1 saturated heterocycles. The average molecular weight is 388 g/mol. The number of benzene rings is 1. The summed E-state index contributed by atoms with van der Waals surface area (Å²) in [7, 11) is 0. The van der Waals surface area contributed by atoms with E-state index in [-0.39, 0.29) is 24.5 Å². The van der Waals surface area contributed by atoms with Crippen LogP contribution in [0, 0.1) is 6.92 Å². The van der Waals surface area contributed by atoms with E-state index in [4.69, 9.17) is 4.74 Å². The van der Waals surface area contributed by atoms with Gasteiger partial charge in [0.05, 0.1) is 11.8 Å². The van der Waals surface area contributed by atoms with Crippen LogP contribution in [0.15, 0.2) is 35.7 Å². The van der Waals surface area contributed by atoms with E-state index in [9.17, 15) is 9.59 Å². The van der Waals surface area contributed by atoms with Gasteiger partial charge in [0, 0.05) is 25.0 Å². The standard InChI is InChI=1S/C20H25N3O3S/c1-15-14-27-20(21-15)22-18(24)13-23(12-17-8-5-11-26-17)19(25)10-9-16-6-3-2-4-7-16/h2-4,6-7,14,17H,5,8-13H2,1H3,(H,21,22,24). The van der Waals surface area contributed by atoms with Gasteiger partial charge in [0.15, 0.2) is 5.13 Å². The highest BCUT2D eigenvalue weighted by molar-refractivity contribution is 7.13. The predicted molar refractivity (Wildman–Crippen MR) is 106 cm³/mol. The number of nitrogens with zero attached hydrogens (tertiary/aromatic N) is 2. The number of anilines is 1. The van der Waals surface area contributed by atoms with Gasteiger partial charge in [-0.25, -0.2) is 4.98 Å². The molecule has 3 rings (SSSR count). The highest BCUT2D eigenvalue weighted by Gasteiger charge is 2.24. The minimum Gasteiger partial charge on any atom is -0.376 e. The maximum Gasteiger partial charge on any atom is 0.245 e. The summed E-state index contributed by atoms with van der Waals surface area (Å²) in [5, 5.41) is 5.22. The Balaban J connectivity index is 1.58. The third-order valence-electron chi connectivity index (χ3n) is 4.47. The molecule has 27 heavy (non-hydrogen) atoms. The van der Waals surface area contributed by atoms with E-state index in [2.05, 4.69) is 10.3 Å². The zero-order chi connectivity index (χ0) is 19.1. The zero-order valence-corrected chi connectivity index (χ0v) is 16.3. The van der Waals surface area contributed by atoms with Gasteiger partial charge >= 0.3 is 0 Å².